The summed E-state index contributed by atoms with van der Waals surface area (Å²) in [6.07, 6.45) is 0. The highest BCUT2D eigenvalue weighted by atomic mass is 16.5. The maximum absolute atomic E-state index is 11.5. The Morgan fingerprint density at radius 3 is 2.60 bits per heavy atom. The summed E-state index contributed by atoms with van der Waals surface area (Å²) in [4.78, 5) is 11.5. The minimum absolute atomic E-state index is 0.0334. The Labute approximate surface area is 88.9 Å². The van der Waals surface area contributed by atoms with Gasteiger partial charge in [-0.05, 0) is 32.0 Å². The molecule has 0 bridgehead atoms. The molecule has 0 radical (unpaired) electrons. The third kappa shape index (κ3) is 2.87. The fourth-order valence-corrected chi connectivity index (χ4v) is 1.18. The van der Waals surface area contributed by atoms with E-state index in [0.717, 1.165) is 0 Å². The summed E-state index contributed by atoms with van der Waals surface area (Å²) < 4.78 is 4.88. The second-order valence-electron chi connectivity index (χ2n) is 3.51. The average molecular weight is 209 g/mol. The van der Waals surface area contributed by atoms with Crippen molar-refractivity contribution in [1.82, 2.24) is 5.32 Å². The van der Waals surface area contributed by atoms with Crippen molar-refractivity contribution >= 4 is 5.91 Å². The number of hydrogen-bond donors (Lipinski definition) is 2. The van der Waals surface area contributed by atoms with Gasteiger partial charge in [0.2, 0.25) is 0 Å². The molecule has 1 aromatic carbocycles. The number of hydrogen-bond acceptors (Lipinski definition) is 3. The standard InChI is InChI=1S/C11H15NO3/c1-7(2)12-11(14)8-4-5-10(15-3)9(13)6-8/h4-7,13H,1-3H3,(H,12,14). The first-order valence-corrected chi connectivity index (χ1v) is 4.72. The van der Waals surface area contributed by atoms with Gasteiger partial charge in [0, 0.05) is 11.6 Å². The van der Waals surface area contributed by atoms with Crippen LogP contribution in [0, 0.1) is 0 Å². The lowest BCUT2D eigenvalue weighted by atomic mass is 10.2. The molecule has 15 heavy (non-hydrogen) atoms. The zero-order chi connectivity index (χ0) is 11.4. The van der Waals surface area contributed by atoms with E-state index in [-0.39, 0.29) is 17.7 Å². The number of amides is 1. The molecule has 0 saturated carbocycles. The van der Waals surface area contributed by atoms with Crippen molar-refractivity contribution in [3.05, 3.63) is 23.8 Å². The van der Waals surface area contributed by atoms with Gasteiger partial charge in [-0.1, -0.05) is 0 Å². The van der Waals surface area contributed by atoms with Crippen LogP contribution in [0.1, 0.15) is 24.2 Å². The lowest BCUT2D eigenvalue weighted by Crippen LogP contribution is -2.29. The van der Waals surface area contributed by atoms with E-state index in [9.17, 15) is 9.90 Å². The monoisotopic (exact) mass is 209 g/mol. The Kier molecular flexibility index (Phi) is 3.55. The van der Waals surface area contributed by atoms with Crippen LogP contribution < -0.4 is 10.1 Å². The first kappa shape index (κ1) is 11.4. The van der Waals surface area contributed by atoms with Crippen molar-refractivity contribution in [3.63, 3.8) is 0 Å². The number of methoxy groups -OCH3 is 1. The molecule has 0 unspecified atom stereocenters. The second kappa shape index (κ2) is 4.68. The molecule has 4 nitrogen and oxygen atoms in total. The van der Waals surface area contributed by atoms with Gasteiger partial charge in [0.05, 0.1) is 7.11 Å². The number of phenols is 1. The normalized spacial score (nSPS) is 10.1. The molecule has 0 aliphatic heterocycles. The van der Waals surface area contributed by atoms with Crippen LogP contribution in [0.5, 0.6) is 11.5 Å². The fraction of sp³-hybridized carbons (Fsp3) is 0.364. The number of aromatic hydroxyl groups is 1. The largest absolute Gasteiger partial charge is 0.504 e. The van der Waals surface area contributed by atoms with E-state index in [4.69, 9.17) is 4.74 Å². The number of phenolic OH excluding ortho intramolecular Hbond substituents is 1. The zero-order valence-electron chi connectivity index (χ0n) is 9.07. The molecule has 1 aromatic rings. The Morgan fingerprint density at radius 1 is 1.47 bits per heavy atom. The van der Waals surface area contributed by atoms with Gasteiger partial charge in [-0.25, -0.2) is 0 Å². The van der Waals surface area contributed by atoms with Crippen molar-refractivity contribution < 1.29 is 14.6 Å². The van der Waals surface area contributed by atoms with E-state index in [2.05, 4.69) is 5.32 Å². The van der Waals surface area contributed by atoms with Crippen molar-refractivity contribution in [2.45, 2.75) is 19.9 Å². The van der Waals surface area contributed by atoms with Crippen LogP contribution >= 0.6 is 0 Å². The first-order valence-electron chi connectivity index (χ1n) is 4.72. The van der Waals surface area contributed by atoms with Crippen LogP contribution in [0.3, 0.4) is 0 Å². The fourth-order valence-electron chi connectivity index (χ4n) is 1.18. The van der Waals surface area contributed by atoms with Gasteiger partial charge in [-0.15, -0.1) is 0 Å². The van der Waals surface area contributed by atoms with Crippen molar-refractivity contribution in [1.29, 1.82) is 0 Å². The number of nitrogens with one attached hydrogen (secondary N) is 1. The molecule has 0 heterocycles. The summed E-state index contributed by atoms with van der Waals surface area (Å²) in [7, 11) is 1.46. The molecule has 0 atom stereocenters. The maximum Gasteiger partial charge on any atom is 0.251 e. The van der Waals surface area contributed by atoms with Crippen LogP contribution in [0.25, 0.3) is 0 Å². The van der Waals surface area contributed by atoms with Crippen LogP contribution in [0.2, 0.25) is 0 Å². The van der Waals surface area contributed by atoms with E-state index in [0.29, 0.717) is 11.3 Å². The Bertz CT molecular complexity index is 361. The van der Waals surface area contributed by atoms with Crippen LogP contribution in [-0.4, -0.2) is 24.2 Å². The average Bonchev–Trinajstić information content (AvgIpc) is 2.16. The molecular weight excluding hydrogens is 194 g/mol. The summed E-state index contributed by atoms with van der Waals surface area (Å²) >= 11 is 0. The summed E-state index contributed by atoms with van der Waals surface area (Å²) in [5.74, 6) is 0.118. The summed E-state index contributed by atoms with van der Waals surface area (Å²) in [6, 6.07) is 4.62. The topological polar surface area (TPSA) is 58.6 Å². The lowest BCUT2D eigenvalue weighted by molar-refractivity contribution is 0.0942. The van der Waals surface area contributed by atoms with Gasteiger partial charge >= 0.3 is 0 Å². The molecule has 2 N–H and O–H groups in total. The predicted octanol–water partition coefficient (Wildman–Crippen LogP) is 1.54. The van der Waals surface area contributed by atoms with E-state index >= 15 is 0 Å². The Morgan fingerprint density at radius 2 is 2.13 bits per heavy atom. The van der Waals surface area contributed by atoms with Crippen LogP contribution in [0.4, 0.5) is 0 Å². The molecule has 0 saturated heterocycles. The van der Waals surface area contributed by atoms with Crippen LogP contribution in [-0.2, 0) is 0 Å². The smallest absolute Gasteiger partial charge is 0.251 e. The molecule has 0 spiro atoms. The molecule has 1 rings (SSSR count). The van der Waals surface area contributed by atoms with Gasteiger partial charge in [0.15, 0.2) is 11.5 Å². The van der Waals surface area contributed by atoms with Crippen molar-refractivity contribution in [2.24, 2.45) is 0 Å². The summed E-state index contributed by atoms with van der Waals surface area (Å²) in [5.41, 5.74) is 0.419. The third-order valence-corrected chi connectivity index (χ3v) is 1.86. The summed E-state index contributed by atoms with van der Waals surface area (Å²) in [5, 5.41) is 12.2. The summed E-state index contributed by atoms with van der Waals surface area (Å²) in [6.45, 7) is 3.75. The zero-order valence-corrected chi connectivity index (χ0v) is 9.07. The lowest BCUT2D eigenvalue weighted by Gasteiger charge is -2.09. The number of benzene rings is 1. The van der Waals surface area contributed by atoms with Crippen LogP contribution in [0.15, 0.2) is 18.2 Å². The van der Waals surface area contributed by atoms with E-state index < -0.39 is 0 Å². The quantitative estimate of drug-likeness (QED) is 0.793. The van der Waals surface area contributed by atoms with E-state index in [1.807, 2.05) is 13.8 Å². The third-order valence-electron chi connectivity index (χ3n) is 1.86. The van der Waals surface area contributed by atoms with Gasteiger partial charge < -0.3 is 15.2 Å². The second-order valence-corrected chi connectivity index (χ2v) is 3.51. The van der Waals surface area contributed by atoms with Gasteiger partial charge in [0.25, 0.3) is 5.91 Å². The molecule has 0 fully saturated rings. The van der Waals surface area contributed by atoms with Gasteiger partial charge in [-0.3, -0.25) is 4.79 Å². The minimum Gasteiger partial charge on any atom is -0.504 e. The molecular formula is C11H15NO3. The molecule has 1 amide bonds. The molecule has 4 heteroatoms. The SMILES string of the molecule is COc1ccc(C(=O)NC(C)C)cc1O. The van der Waals surface area contributed by atoms with Crippen molar-refractivity contribution in [2.75, 3.05) is 7.11 Å². The van der Waals surface area contributed by atoms with Crippen molar-refractivity contribution in [3.8, 4) is 11.5 Å². The Balaban J connectivity index is 2.87. The Hall–Kier alpha value is -1.71. The predicted molar refractivity (Wildman–Crippen MR) is 57.3 cm³/mol. The molecule has 0 aliphatic rings. The minimum atomic E-state index is -0.206. The molecule has 0 aliphatic carbocycles. The molecule has 0 aromatic heterocycles. The maximum atomic E-state index is 11.5. The highest BCUT2D eigenvalue weighted by Crippen LogP contribution is 2.26. The number of ether oxygens (including phenoxy) is 1. The van der Waals surface area contributed by atoms with E-state index in [1.165, 1.54) is 13.2 Å². The van der Waals surface area contributed by atoms with Gasteiger partial charge in [0.1, 0.15) is 0 Å². The highest BCUT2D eigenvalue weighted by Gasteiger charge is 2.09. The number of carbonyl (C=O) groups is 1. The van der Waals surface area contributed by atoms with Gasteiger partial charge in [-0.2, -0.15) is 0 Å². The first-order chi connectivity index (χ1) is 7.04. The molecule has 82 valence electrons. The number of carbonyl (C=O) groups excluding carboxylic acids is 1. The van der Waals surface area contributed by atoms with E-state index in [1.54, 1.807) is 12.1 Å². The highest BCUT2D eigenvalue weighted by molar-refractivity contribution is 5.95. The number of rotatable bonds is 3.